The molecule has 0 unspecified atom stereocenters. The molecular weight excluding hydrogens is 260 g/mol. The van der Waals surface area contributed by atoms with Gasteiger partial charge in [0.1, 0.15) is 12.0 Å². The molecule has 7 heteroatoms. The predicted octanol–water partition coefficient (Wildman–Crippen LogP) is 1.60. The number of carbonyl (C=O) groups excluding carboxylic acids is 1. The molecule has 7 nitrogen and oxygen atoms in total. The van der Waals surface area contributed by atoms with E-state index in [9.17, 15) is 4.79 Å². The normalized spacial score (nSPS) is 10.4. The lowest BCUT2D eigenvalue weighted by Crippen LogP contribution is -2.13. The third kappa shape index (κ3) is 5.29. The summed E-state index contributed by atoms with van der Waals surface area (Å²) < 4.78 is 10.3. The molecular formula is C13H22N4O3. The van der Waals surface area contributed by atoms with Gasteiger partial charge in [-0.2, -0.15) is 4.98 Å². The molecule has 112 valence electrons. The minimum absolute atomic E-state index is 0.0103. The summed E-state index contributed by atoms with van der Waals surface area (Å²) in [7, 11) is 0. The smallest absolute Gasteiger partial charge is 0.305 e. The molecule has 0 bridgehead atoms. The molecule has 0 spiro atoms. The van der Waals surface area contributed by atoms with Crippen LogP contribution in [-0.2, 0) is 9.53 Å². The van der Waals surface area contributed by atoms with Crippen molar-refractivity contribution in [2.75, 3.05) is 24.2 Å². The van der Waals surface area contributed by atoms with Crippen LogP contribution in [0.3, 0.4) is 0 Å². The largest absolute Gasteiger partial charge is 0.473 e. The topological polar surface area (TPSA) is 99.4 Å². The quantitative estimate of drug-likeness (QED) is 0.552. The third-order valence-electron chi connectivity index (χ3n) is 2.35. The van der Waals surface area contributed by atoms with Crippen LogP contribution in [0, 0.1) is 0 Å². The molecule has 0 aliphatic carbocycles. The van der Waals surface area contributed by atoms with Crippen molar-refractivity contribution < 1.29 is 14.3 Å². The van der Waals surface area contributed by atoms with Crippen LogP contribution in [0.25, 0.3) is 0 Å². The van der Waals surface area contributed by atoms with Crippen LogP contribution in [0.2, 0.25) is 0 Å². The SMILES string of the molecule is CCOC(=O)CCCNc1ncnc(OC(C)C)c1N. The number of nitrogen functional groups attached to an aromatic ring is 1. The van der Waals surface area contributed by atoms with Gasteiger partial charge < -0.3 is 20.5 Å². The maximum Gasteiger partial charge on any atom is 0.305 e. The van der Waals surface area contributed by atoms with Crippen molar-refractivity contribution in [3.63, 3.8) is 0 Å². The molecule has 1 heterocycles. The van der Waals surface area contributed by atoms with E-state index in [0.29, 0.717) is 43.4 Å². The number of aromatic nitrogens is 2. The van der Waals surface area contributed by atoms with Gasteiger partial charge in [0.2, 0.25) is 5.88 Å². The predicted molar refractivity (Wildman–Crippen MR) is 76.6 cm³/mol. The van der Waals surface area contributed by atoms with E-state index in [2.05, 4.69) is 15.3 Å². The van der Waals surface area contributed by atoms with Gasteiger partial charge in [0.25, 0.3) is 0 Å². The zero-order valence-corrected chi connectivity index (χ0v) is 12.2. The lowest BCUT2D eigenvalue weighted by molar-refractivity contribution is -0.143. The van der Waals surface area contributed by atoms with E-state index >= 15 is 0 Å². The second-order valence-corrected chi connectivity index (χ2v) is 4.44. The lowest BCUT2D eigenvalue weighted by atomic mass is 10.3. The highest BCUT2D eigenvalue weighted by atomic mass is 16.5. The minimum Gasteiger partial charge on any atom is -0.473 e. The van der Waals surface area contributed by atoms with Crippen molar-refractivity contribution in [1.29, 1.82) is 0 Å². The van der Waals surface area contributed by atoms with Crippen molar-refractivity contribution in [2.24, 2.45) is 0 Å². The maximum atomic E-state index is 11.2. The fourth-order valence-electron chi connectivity index (χ4n) is 1.51. The number of nitrogens with one attached hydrogen (secondary N) is 1. The van der Waals surface area contributed by atoms with E-state index in [4.69, 9.17) is 15.2 Å². The Labute approximate surface area is 118 Å². The zero-order valence-electron chi connectivity index (χ0n) is 12.2. The van der Waals surface area contributed by atoms with Gasteiger partial charge in [-0.1, -0.05) is 0 Å². The van der Waals surface area contributed by atoms with Crippen LogP contribution in [0.5, 0.6) is 5.88 Å². The molecule has 0 aliphatic rings. The van der Waals surface area contributed by atoms with E-state index in [1.165, 1.54) is 6.33 Å². The number of nitrogens with zero attached hydrogens (tertiary/aromatic N) is 2. The Hall–Kier alpha value is -2.05. The first-order chi connectivity index (χ1) is 9.54. The first kappa shape index (κ1) is 16.0. The molecule has 0 atom stereocenters. The fraction of sp³-hybridized carbons (Fsp3) is 0.615. The molecule has 1 aromatic rings. The summed E-state index contributed by atoms with van der Waals surface area (Å²) in [5, 5.41) is 3.06. The number of nitrogens with two attached hydrogens (primary N) is 1. The van der Waals surface area contributed by atoms with Gasteiger partial charge >= 0.3 is 5.97 Å². The summed E-state index contributed by atoms with van der Waals surface area (Å²) >= 11 is 0. The minimum atomic E-state index is -0.200. The molecule has 1 aromatic heterocycles. The number of hydrogen-bond acceptors (Lipinski definition) is 7. The number of anilines is 2. The van der Waals surface area contributed by atoms with Gasteiger partial charge in [-0.05, 0) is 27.2 Å². The summed E-state index contributed by atoms with van der Waals surface area (Å²) in [6.07, 6.45) is 2.38. The highest BCUT2D eigenvalue weighted by Gasteiger charge is 2.10. The molecule has 0 saturated heterocycles. The van der Waals surface area contributed by atoms with Crippen LogP contribution in [0.15, 0.2) is 6.33 Å². The highest BCUT2D eigenvalue weighted by Crippen LogP contribution is 2.25. The molecule has 0 saturated carbocycles. The van der Waals surface area contributed by atoms with E-state index < -0.39 is 0 Å². The van der Waals surface area contributed by atoms with Crippen LogP contribution in [-0.4, -0.2) is 35.2 Å². The molecule has 20 heavy (non-hydrogen) atoms. The summed E-state index contributed by atoms with van der Waals surface area (Å²) in [5.74, 6) is 0.677. The molecule has 0 fully saturated rings. The van der Waals surface area contributed by atoms with E-state index in [1.807, 2.05) is 13.8 Å². The van der Waals surface area contributed by atoms with Crippen LogP contribution in [0.1, 0.15) is 33.6 Å². The highest BCUT2D eigenvalue weighted by molar-refractivity contribution is 5.69. The maximum absolute atomic E-state index is 11.2. The number of ether oxygens (including phenoxy) is 2. The molecule has 1 rings (SSSR count). The van der Waals surface area contributed by atoms with Crippen molar-refractivity contribution in [2.45, 2.75) is 39.7 Å². The Morgan fingerprint density at radius 1 is 1.45 bits per heavy atom. The summed E-state index contributed by atoms with van der Waals surface area (Å²) in [6.45, 7) is 6.55. The number of hydrogen-bond donors (Lipinski definition) is 2. The fourth-order valence-corrected chi connectivity index (χ4v) is 1.51. The van der Waals surface area contributed by atoms with Crippen molar-refractivity contribution in [1.82, 2.24) is 9.97 Å². The Bertz CT molecular complexity index is 438. The Balaban J connectivity index is 2.46. The first-order valence-electron chi connectivity index (χ1n) is 6.71. The second-order valence-electron chi connectivity index (χ2n) is 4.44. The lowest BCUT2D eigenvalue weighted by Gasteiger charge is -2.13. The Kier molecular flexibility index (Phi) is 6.55. The standard InChI is InChI=1S/C13H22N4O3/c1-4-19-10(18)6-5-7-15-12-11(14)13(17-8-16-12)20-9(2)3/h8-9H,4-7,14H2,1-3H3,(H,15,16,17). The van der Waals surface area contributed by atoms with E-state index in [1.54, 1.807) is 6.92 Å². The van der Waals surface area contributed by atoms with Crippen LogP contribution in [0.4, 0.5) is 11.5 Å². The summed E-state index contributed by atoms with van der Waals surface area (Å²) in [6, 6.07) is 0. The van der Waals surface area contributed by atoms with Crippen LogP contribution < -0.4 is 15.8 Å². The van der Waals surface area contributed by atoms with Gasteiger partial charge in [-0.15, -0.1) is 0 Å². The van der Waals surface area contributed by atoms with Crippen molar-refractivity contribution in [3.05, 3.63) is 6.33 Å². The number of carbonyl (C=O) groups is 1. The molecule has 0 radical (unpaired) electrons. The molecule has 0 amide bonds. The van der Waals surface area contributed by atoms with E-state index in [0.717, 1.165) is 0 Å². The van der Waals surface area contributed by atoms with Gasteiger partial charge in [-0.25, -0.2) is 4.98 Å². The Morgan fingerprint density at radius 2 is 2.20 bits per heavy atom. The zero-order chi connectivity index (χ0) is 15.0. The van der Waals surface area contributed by atoms with Gasteiger partial charge in [0.05, 0.1) is 12.7 Å². The summed E-state index contributed by atoms with van der Waals surface area (Å²) in [4.78, 5) is 19.2. The summed E-state index contributed by atoms with van der Waals surface area (Å²) in [5.41, 5.74) is 6.29. The average molecular weight is 282 g/mol. The Morgan fingerprint density at radius 3 is 2.85 bits per heavy atom. The molecule has 3 N–H and O–H groups in total. The molecule has 0 aliphatic heterocycles. The second kappa shape index (κ2) is 8.19. The van der Waals surface area contributed by atoms with Crippen molar-refractivity contribution >= 4 is 17.5 Å². The number of rotatable bonds is 8. The monoisotopic (exact) mass is 282 g/mol. The first-order valence-corrected chi connectivity index (χ1v) is 6.71. The van der Waals surface area contributed by atoms with Crippen LogP contribution >= 0.6 is 0 Å². The third-order valence-corrected chi connectivity index (χ3v) is 2.35. The van der Waals surface area contributed by atoms with Gasteiger partial charge in [-0.3, -0.25) is 4.79 Å². The van der Waals surface area contributed by atoms with Gasteiger partial charge in [0.15, 0.2) is 5.82 Å². The number of esters is 1. The molecule has 0 aromatic carbocycles. The average Bonchev–Trinajstić information content (AvgIpc) is 2.38. The van der Waals surface area contributed by atoms with Crippen molar-refractivity contribution in [3.8, 4) is 5.88 Å². The van der Waals surface area contributed by atoms with Gasteiger partial charge in [0, 0.05) is 13.0 Å². The van der Waals surface area contributed by atoms with E-state index in [-0.39, 0.29) is 12.1 Å².